The van der Waals surface area contributed by atoms with E-state index in [1.807, 2.05) is 41.8 Å². The molecule has 6 aromatic rings. The molecular weight excluding hydrogens is 576 g/mol. The zero-order valence-electron chi connectivity index (χ0n) is 25.7. The van der Waals surface area contributed by atoms with Crippen molar-refractivity contribution < 1.29 is 10.2 Å². The fraction of sp³-hybridized carbons (Fsp3) is 0.278. The molecule has 0 saturated heterocycles. The summed E-state index contributed by atoms with van der Waals surface area (Å²) in [4.78, 5) is 14.6. The molecule has 1 saturated carbocycles. The van der Waals surface area contributed by atoms with Gasteiger partial charge in [-0.05, 0) is 42.0 Å². The predicted octanol–water partition coefficient (Wildman–Crippen LogP) is 5.21. The molecule has 0 radical (unpaired) electrons. The summed E-state index contributed by atoms with van der Waals surface area (Å²) >= 11 is 0. The van der Waals surface area contributed by atoms with Crippen LogP contribution in [0, 0.1) is 6.92 Å². The number of hydrogen-bond acceptors (Lipinski definition) is 8. The number of rotatable bonds is 11. The maximum absolute atomic E-state index is 11.3. The number of fused-ring (bicyclic) bond motifs is 1. The average Bonchev–Trinajstić information content (AvgIpc) is 3.79. The Balaban J connectivity index is 1.22. The molecule has 7 rings (SSSR count). The summed E-state index contributed by atoms with van der Waals surface area (Å²) in [5, 5.41) is 36.6. The minimum Gasteiger partial charge on any atom is -0.390 e. The summed E-state index contributed by atoms with van der Waals surface area (Å²) in [6.07, 6.45) is 2.80. The molecule has 0 bridgehead atoms. The molecule has 0 spiro atoms. The van der Waals surface area contributed by atoms with Gasteiger partial charge in [-0.1, -0.05) is 91.0 Å². The SMILES string of the molecule is Cc1cn[nH]c1[C@@H]1C[C@@H](n2cnc3c(NCC(c4ccccc4)c4ccccc4)nc(NCCc4ccccc4)nc32)[C@H](O)[C@@H]1O. The molecule has 46 heavy (non-hydrogen) atoms. The van der Waals surface area contributed by atoms with E-state index < -0.39 is 18.2 Å². The smallest absolute Gasteiger partial charge is 0.226 e. The lowest BCUT2D eigenvalue weighted by atomic mass is 9.91. The van der Waals surface area contributed by atoms with Crippen molar-refractivity contribution in [3.63, 3.8) is 0 Å². The first kappa shape index (κ1) is 29.6. The third-order valence-electron chi connectivity index (χ3n) is 9.09. The minimum atomic E-state index is -1.01. The summed E-state index contributed by atoms with van der Waals surface area (Å²) in [6, 6.07) is 30.7. The molecule has 10 nitrogen and oxygen atoms in total. The van der Waals surface area contributed by atoms with Crippen LogP contribution in [-0.2, 0) is 6.42 Å². The third-order valence-corrected chi connectivity index (χ3v) is 9.09. The summed E-state index contributed by atoms with van der Waals surface area (Å²) in [5.41, 5.74) is 6.61. The van der Waals surface area contributed by atoms with Gasteiger partial charge in [-0.3, -0.25) is 5.10 Å². The van der Waals surface area contributed by atoms with Gasteiger partial charge >= 0.3 is 0 Å². The van der Waals surface area contributed by atoms with E-state index in [4.69, 9.17) is 15.0 Å². The van der Waals surface area contributed by atoms with Crippen LogP contribution in [0.15, 0.2) is 104 Å². The minimum absolute atomic E-state index is 0.0780. The fourth-order valence-electron chi connectivity index (χ4n) is 6.63. The monoisotopic (exact) mass is 614 g/mol. The van der Waals surface area contributed by atoms with Gasteiger partial charge in [0.15, 0.2) is 17.0 Å². The van der Waals surface area contributed by atoms with Crippen LogP contribution in [0.1, 0.15) is 52.2 Å². The lowest BCUT2D eigenvalue weighted by molar-refractivity contribution is 0.0173. The highest BCUT2D eigenvalue weighted by atomic mass is 16.3. The number of anilines is 2. The van der Waals surface area contributed by atoms with E-state index >= 15 is 0 Å². The van der Waals surface area contributed by atoms with E-state index in [1.165, 1.54) is 16.7 Å². The van der Waals surface area contributed by atoms with Crippen molar-refractivity contribution in [2.45, 2.75) is 49.9 Å². The Labute approximate surface area is 267 Å². The Morgan fingerprint density at radius 2 is 1.54 bits per heavy atom. The Hall–Kier alpha value is -5.06. The van der Waals surface area contributed by atoms with Crippen LogP contribution in [-0.4, -0.2) is 65.2 Å². The van der Waals surface area contributed by atoms with Crippen LogP contribution in [0.25, 0.3) is 11.2 Å². The molecule has 234 valence electrons. The van der Waals surface area contributed by atoms with Crippen LogP contribution in [0.3, 0.4) is 0 Å². The fourth-order valence-corrected chi connectivity index (χ4v) is 6.63. The Morgan fingerprint density at radius 1 is 0.870 bits per heavy atom. The molecule has 10 heteroatoms. The number of nitrogens with zero attached hydrogens (tertiary/aromatic N) is 5. The standard InChI is InChI=1S/C36H38N8O2/c1-23-20-40-43-30(23)27-19-29(33(46)32(27)45)44-22-39-31-34(41-36(42-35(31)44)37-18-17-24-11-5-2-6-12-24)38-21-28(25-13-7-3-8-14-25)26-15-9-4-10-16-26/h2-16,20,22,27-29,32-33,45-46H,17-19,21H2,1H3,(H,40,43)(H2,37,38,41,42)/t27-,29+,32+,33-/m0/s1. The molecule has 5 N–H and O–H groups in total. The van der Waals surface area contributed by atoms with Gasteiger partial charge < -0.3 is 25.4 Å². The third kappa shape index (κ3) is 5.96. The number of aromatic amines is 1. The lowest BCUT2D eigenvalue weighted by Crippen LogP contribution is -2.29. The number of hydrogen-bond donors (Lipinski definition) is 5. The molecule has 4 atom stereocenters. The Morgan fingerprint density at radius 3 is 2.20 bits per heavy atom. The van der Waals surface area contributed by atoms with Gasteiger partial charge in [0.2, 0.25) is 5.95 Å². The highest BCUT2D eigenvalue weighted by Gasteiger charge is 2.45. The van der Waals surface area contributed by atoms with Crippen LogP contribution in [0.4, 0.5) is 11.8 Å². The van der Waals surface area contributed by atoms with Gasteiger partial charge in [-0.2, -0.15) is 15.1 Å². The van der Waals surface area contributed by atoms with E-state index in [2.05, 4.69) is 81.5 Å². The summed E-state index contributed by atoms with van der Waals surface area (Å²) in [7, 11) is 0. The first-order chi connectivity index (χ1) is 22.6. The second kappa shape index (κ2) is 13.1. The second-order valence-electron chi connectivity index (χ2n) is 12.0. The Bertz CT molecular complexity index is 1840. The van der Waals surface area contributed by atoms with Crippen molar-refractivity contribution in [1.29, 1.82) is 0 Å². The number of benzene rings is 3. The number of nitrogens with one attached hydrogen (secondary N) is 3. The second-order valence-corrected chi connectivity index (χ2v) is 12.0. The van der Waals surface area contributed by atoms with Crippen molar-refractivity contribution in [3.05, 3.63) is 131 Å². The Kier molecular flexibility index (Phi) is 8.45. The van der Waals surface area contributed by atoms with Crippen LogP contribution in [0.2, 0.25) is 0 Å². The first-order valence-electron chi connectivity index (χ1n) is 15.8. The van der Waals surface area contributed by atoms with Gasteiger partial charge in [-0.25, -0.2) is 4.98 Å². The highest BCUT2D eigenvalue weighted by Crippen LogP contribution is 2.43. The maximum atomic E-state index is 11.3. The largest absolute Gasteiger partial charge is 0.390 e. The number of H-pyrrole nitrogens is 1. The zero-order chi connectivity index (χ0) is 31.5. The molecule has 3 aromatic carbocycles. The van der Waals surface area contributed by atoms with Gasteiger partial charge in [0.25, 0.3) is 0 Å². The average molecular weight is 615 g/mol. The van der Waals surface area contributed by atoms with Gasteiger partial charge in [-0.15, -0.1) is 0 Å². The molecule has 0 aliphatic heterocycles. The number of aromatic nitrogens is 6. The molecule has 0 unspecified atom stereocenters. The summed E-state index contributed by atoms with van der Waals surface area (Å²) < 4.78 is 1.88. The topological polar surface area (TPSA) is 137 Å². The summed E-state index contributed by atoms with van der Waals surface area (Å²) in [5.74, 6) is 0.865. The number of imidazole rings is 1. The predicted molar refractivity (Wildman–Crippen MR) is 179 cm³/mol. The van der Waals surface area contributed by atoms with E-state index in [9.17, 15) is 10.2 Å². The molecule has 1 fully saturated rings. The van der Waals surface area contributed by atoms with Gasteiger partial charge in [0, 0.05) is 30.6 Å². The number of aliphatic hydroxyl groups is 2. The zero-order valence-corrected chi connectivity index (χ0v) is 25.7. The van der Waals surface area contributed by atoms with Crippen molar-refractivity contribution in [3.8, 4) is 0 Å². The number of aliphatic hydroxyl groups excluding tert-OH is 2. The van der Waals surface area contributed by atoms with Crippen molar-refractivity contribution in [2.24, 2.45) is 0 Å². The van der Waals surface area contributed by atoms with Crippen molar-refractivity contribution in [2.75, 3.05) is 23.7 Å². The number of aryl methyl sites for hydroxylation is 1. The highest BCUT2D eigenvalue weighted by molar-refractivity contribution is 5.84. The first-order valence-corrected chi connectivity index (χ1v) is 15.8. The van der Waals surface area contributed by atoms with E-state index in [1.54, 1.807) is 12.5 Å². The molecule has 1 aliphatic carbocycles. The molecule has 1 aliphatic rings. The van der Waals surface area contributed by atoms with E-state index in [0.717, 1.165) is 17.7 Å². The molecule has 0 amide bonds. The van der Waals surface area contributed by atoms with E-state index in [-0.39, 0.29) is 11.8 Å². The van der Waals surface area contributed by atoms with Crippen LogP contribution < -0.4 is 10.6 Å². The quantitative estimate of drug-likeness (QED) is 0.134. The molecule has 3 heterocycles. The van der Waals surface area contributed by atoms with E-state index in [0.29, 0.717) is 42.4 Å². The van der Waals surface area contributed by atoms with Crippen molar-refractivity contribution in [1.82, 2.24) is 29.7 Å². The van der Waals surface area contributed by atoms with Gasteiger partial charge in [0.1, 0.15) is 6.10 Å². The maximum Gasteiger partial charge on any atom is 0.226 e. The lowest BCUT2D eigenvalue weighted by Gasteiger charge is -2.20. The molecule has 3 aromatic heterocycles. The molecular formula is C36H38N8O2. The van der Waals surface area contributed by atoms with Crippen molar-refractivity contribution >= 4 is 22.9 Å². The van der Waals surface area contributed by atoms with Crippen LogP contribution in [0.5, 0.6) is 0 Å². The summed E-state index contributed by atoms with van der Waals surface area (Å²) in [6.45, 7) is 3.18. The van der Waals surface area contributed by atoms with Crippen LogP contribution >= 0.6 is 0 Å². The van der Waals surface area contributed by atoms with Gasteiger partial charge in [0.05, 0.1) is 24.7 Å². The normalized spacial score (nSPS) is 19.6.